The summed E-state index contributed by atoms with van der Waals surface area (Å²) < 4.78 is 38.6. The average molecular weight is 687 g/mol. The average Bonchev–Trinajstić information content (AvgIpc) is 3.86. The van der Waals surface area contributed by atoms with Crippen LogP contribution in [0.15, 0.2) is 59.0 Å². The van der Waals surface area contributed by atoms with E-state index in [0.717, 1.165) is 35.0 Å². The molecule has 1 N–H and O–H groups in total. The molecule has 0 aliphatic heterocycles. The molecule has 1 saturated carbocycles. The zero-order valence-electron chi connectivity index (χ0n) is 26.3. The van der Waals surface area contributed by atoms with Crippen molar-refractivity contribution in [2.24, 2.45) is 0 Å². The fraction of sp³-hybridized carbons (Fsp3) is 0.353. The van der Waals surface area contributed by atoms with Crippen molar-refractivity contribution in [3.63, 3.8) is 0 Å². The number of amides is 1. The molecule has 0 spiro atoms. The molecule has 1 heterocycles. The lowest BCUT2D eigenvalue weighted by Gasteiger charge is -2.24. The fourth-order valence-electron chi connectivity index (χ4n) is 5.26. The number of nitrogens with zero attached hydrogens (tertiary/aromatic N) is 1. The molecule has 4 aromatic rings. The number of anilines is 1. The van der Waals surface area contributed by atoms with Crippen molar-refractivity contribution in [2.75, 3.05) is 51.1 Å². The van der Waals surface area contributed by atoms with Crippen LogP contribution in [-0.2, 0) is 20.8 Å². The second-order valence-corrected chi connectivity index (χ2v) is 11.5. The fourth-order valence-corrected chi connectivity index (χ4v) is 5.88. The molecule has 1 fully saturated rings. The van der Waals surface area contributed by atoms with Crippen molar-refractivity contribution in [1.82, 2.24) is 5.32 Å². The molecule has 246 valence electrons. The van der Waals surface area contributed by atoms with Crippen LogP contribution in [0.25, 0.3) is 22.3 Å². The molecule has 1 aromatic heterocycles. The van der Waals surface area contributed by atoms with Gasteiger partial charge < -0.3 is 28.2 Å². The molecule has 1 amide bonds. The number of benzene rings is 3. The number of fused-ring (bicyclic) bond motifs is 1. The molecule has 12 heteroatoms. The monoisotopic (exact) mass is 686 g/mol. The van der Waals surface area contributed by atoms with E-state index in [1.54, 1.807) is 37.2 Å². The number of esters is 1. The second kappa shape index (κ2) is 17.1. The summed E-state index contributed by atoms with van der Waals surface area (Å²) in [7, 11) is 2.97. The van der Waals surface area contributed by atoms with Crippen LogP contribution in [0, 0.1) is 12.7 Å². The maximum absolute atomic E-state index is 13.6. The van der Waals surface area contributed by atoms with Crippen molar-refractivity contribution in [1.29, 1.82) is 0 Å². The van der Waals surface area contributed by atoms with Crippen molar-refractivity contribution in [3.05, 3.63) is 88.2 Å². The number of aryl methyl sites for hydroxylation is 1. The van der Waals surface area contributed by atoms with E-state index in [9.17, 15) is 14.0 Å². The molecule has 46 heavy (non-hydrogen) atoms. The number of furan rings is 1. The smallest absolute Gasteiger partial charge is 0.338 e. The Hall–Kier alpha value is -3.16. The third kappa shape index (κ3) is 8.60. The molecule has 1 aliphatic carbocycles. The van der Waals surface area contributed by atoms with E-state index in [0.29, 0.717) is 66.9 Å². The first-order valence-electron chi connectivity index (χ1n) is 14.8. The molecule has 0 bridgehead atoms. The predicted octanol–water partition coefficient (Wildman–Crippen LogP) is 7.65. The third-order valence-electron chi connectivity index (χ3n) is 7.68. The highest BCUT2D eigenvalue weighted by Gasteiger charge is 2.31. The van der Waals surface area contributed by atoms with Gasteiger partial charge in [-0.2, -0.15) is 0 Å². The van der Waals surface area contributed by atoms with E-state index < -0.39 is 0 Å². The lowest BCUT2D eigenvalue weighted by molar-refractivity contribution is 0.0436. The van der Waals surface area contributed by atoms with Gasteiger partial charge in [0.25, 0.3) is 5.91 Å². The first-order valence-corrected chi connectivity index (χ1v) is 17.6. The summed E-state index contributed by atoms with van der Waals surface area (Å²) in [5, 5.41) is 3.48. The SMILES string of the molecule is CNC(=O)c1c(-c2ccc(F)cc2)oc2cc(N(CCOCCOCc3ccc(C(=O)OC)c(C)c3)SC)c(C3CC3)cc12.SS. The summed E-state index contributed by atoms with van der Waals surface area (Å²) in [6.07, 6.45) is 4.22. The van der Waals surface area contributed by atoms with Crippen molar-refractivity contribution < 1.29 is 32.6 Å². The van der Waals surface area contributed by atoms with Gasteiger partial charge in [0.2, 0.25) is 0 Å². The van der Waals surface area contributed by atoms with E-state index in [1.165, 1.54) is 24.8 Å². The van der Waals surface area contributed by atoms with Crippen LogP contribution in [0.3, 0.4) is 0 Å². The summed E-state index contributed by atoms with van der Waals surface area (Å²) in [5.41, 5.74) is 6.30. The first-order chi connectivity index (χ1) is 22.3. The number of carbonyl (C=O) groups is 2. The highest BCUT2D eigenvalue weighted by atomic mass is 33.1. The van der Waals surface area contributed by atoms with Gasteiger partial charge in [-0.3, -0.25) is 4.79 Å². The van der Waals surface area contributed by atoms with Crippen LogP contribution in [0.1, 0.15) is 56.2 Å². The molecular weight excluding hydrogens is 648 g/mol. The van der Waals surface area contributed by atoms with Crippen LogP contribution >= 0.6 is 35.3 Å². The van der Waals surface area contributed by atoms with Crippen LogP contribution in [-0.4, -0.2) is 58.7 Å². The van der Waals surface area contributed by atoms with E-state index in [4.69, 9.17) is 18.6 Å². The Morgan fingerprint density at radius 3 is 2.39 bits per heavy atom. The lowest BCUT2D eigenvalue weighted by atomic mass is 10.0. The summed E-state index contributed by atoms with van der Waals surface area (Å²) in [6.45, 7) is 4.34. The van der Waals surface area contributed by atoms with Crippen molar-refractivity contribution in [3.8, 4) is 11.3 Å². The van der Waals surface area contributed by atoms with E-state index in [-0.39, 0.29) is 17.7 Å². The van der Waals surface area contributed by atoms with Gasteiger partial charge >= 0.3 is 5.97 Å². The predicted molar refractivity (Wildman–Crippen MR) is 189 cm³/mol. The highest BCUT2D eigenvalue weighted by Crippen LogP contribution is 2.48. The number of halogens is 1. The highest BCUT2D eigenvalue weighted by molar-refractivity contribution is 8.59. The molecule has 3 aromatic carbocycles. The van der Waals surface area contributed by atoms with Crippen molar-refractivity contribution in [2.45, 2.75) is 32.3 Å². The van der Waals surface area contributed by atoms with Crippen LogP contribution in [0.5, 0.6) is 0 Å². The Balaban J connectivity index is 0.00000235. The summed E-state index contributed by atoms with van der Waals surface area (Å²) >= 11 is 8.05. The molecule has 0 atom stereocenters. The first kappa shape index (κ1) is 35.7. The number of ether oxygens (including phenoxy) is 3. The van der Waals surface area contributed by atoms with Gasteiger partial charge in [-0.15, -0.1) is 23.3 Å². The maximum atomic E-state index is 13.6. The van der Waals surface area contributed by atoms with Crippen LogP contribution in [0.2, 0.25) is 0 Å². The van der Waals surface area contributed by atoms with Gasteiger partial charge in [0.1, 0.15) is 17.2 Å². The number of carbonyl (C=O) groups excluding carboxylic acids is 2. The number of nitrogens with one attached hydrogen (secondary N) is 1. The van der Waals surface area contributed by atoms with Crippen LogP contribution in [0.4, 0.5) is 10.1 Å². The molecule has 0 unspecified atom stereocenters. The second-order valence-electron chi connectivity index (χ2n) is 10.7. The van der Waals surface area contributed by atoms with E-state index in [1.807, 2.05) is 31.4 Å². The molecule has 0 saturated heterocycles. The Kier molecular flexibility index (Phi) is 13.3. The lowest BCUT2D eigenvalue weighted by Crippen LogP contribution is -2.22. The van der Waals surface area contributed by atoms with Gasteiger partial charge in [0, 0.05) is 30.3 Å². The van der Waals surface area contributed by atoms with E-state index in [2.05, 4.69) is 39.0 Å². The minimum Gasteiger partial charge on any atom is -0.465 e. The summed E-state index contributed by atoms with van der Waals surface area (Å²) in [4.78, 5) is 24.8. The Morgan fingerprint density at radius 2 is 1.76 bits per heavy atom. The number of methoxy groups -OCH3 is 1. The maximum Gasteiger partial charge on any atom is 0.338 e. The summed E-state index contributed by atoms with van der Waals surface area (Å²) in [6, 6.07) is 15.6. The molecule has 5 rings (SSSR count). The summed E-state index contributed by atoms with van der Waals surface area (Å²) in [5.74, 6) is -0.101. The Labute approximate surface area is 283 Å². The Morgan fingerprint density at radius 1 is 1.04 bits per heavy atom. The third-order valence-corrected chi connectivity index (χ3v) is 8.50. The standard InChI is InChI=1S/C34H37FN2O6S.H2S2/c1-21-17-22(5-12-26(21)34(39)40-3)20-42-16-15-41-14-13-37(44-4)29-19-30-28(18-27(29)23-6-7-23)31(33(38)36-2)32(43-30)24-8-10-25(35)11-9-24;1-2/h5,8-12,17-19,23H,6-7,13-16,20H2,1-4H3,(H,36,38);1-2H. The number of rotatable bonds is 14. The van der Waals surface area contributed by atoms with Crippen LogP contribution < -0.4 is 9.62 Å². The minimum absolute atomic E-state index is 0.247. The van der Waals surface area contributed by atoms with Gasteiger partial charge in [0.05, 0.1) is 56.9 Å². The zero-order chi connectivity index (χ0) is 33.2. The number of thiol groups is 2. The minimum atomic E-state index is -0.351. The molecule has 0 radical (unpaired) electrons. The largest absolute Gasteiger partial charge is 0.465 e. The van der Waals surface area contributed by atoms with Gasteiger partial charge in [-0.05, 0) is 78.8 Å². The number of hydrogen-bond acceptors (Lipinski definition) is 10. The number of hydrogen-bond donors (Lipinski definition) is 3. The molecule has 1 aliphatic rings. The Bertz CT molecular complexity index is 1640. The molecule has 8 nitrogen and oxygen atoms in total. The quantitative estimate of drug-likeness (QED) is 0.0410. The topological polar surface area (TPSA) is 90.2 Å². The van der Waals surface area contributed by atoms with E-state index >= 15 is 0 Å². The van der Waals surface area contributed by atoms with Gasteiger partial charge in [-0.25, -0.2) is 9.18 Å². The van der Waals surface area contributed by atoms with Gasteiger partial charge in [-0.1, -0.05) is 24.1 Å². The van der Waals surface area contributed by atoms with Gasteiger partial charge in [0.15, 0.2) is 0 Å². The molecular formula is C34H39FN2O6S3. The normalized spacial score (nSPS) is 12.4. The van der Waals surface area contributed by atoms with Crippen molar-refractivity contribution >= 4 is 63.8 Å². The zero-order valence-corrected chi connectivity index (χ0v) is 28.9.